The summed E-state index contributed by atoms with van der Waals surface area (Å²) >= 11 is 0. The highest BCUT2D eigenvalue weighted by molar-refractivity contribution is 5.52. The van der Waals surface area contributed by atoms with Gasteiger partial charge in [0.15, 0.2) is 0 Å². The Morgan fingerprint density at radius 2 is 1.94 bits per heavy atom. The van der Waals surface area contributed by atoms with E-state index in [-0.39, 0.29) is 6.04 Å². The number of fused-ring (bicyclic) bond motifs is 2. The Bertz CT molecular complexity index is 533. The molecule has 0 bridgehead atoms. The summed E-state index contributed by atoms with van der Waals surface area (Å²) in [5.74, 6) is 0. The van der Waals surface area contributed by atoms with Crippen LogP contribution in [0.4, 0.5) is 0 Å². The second-order valence-electron chi connectivity index (χ2n) is 4.46. The lowest BCUT2D eigenvalue weighted by molar-refractivity contribution is -0.110. The lowest BCUT2D eigenvalue weighted by Gasteiger charge is -2.18. The molecule has 1 unspecified atom stereocenters. The fraction of sp³-hybridized carbons (Fsp3) is 0.200. The Morgan fingerprint density at radius 3 is 2.83 bits per heavy atom. The predicted octanol–water partition coefficient (Wildman–Crippen LogP) is 2.02. The van der Waals surface area contributed by atoms with E-state index in [9.17, 15) is 4.79 Å². The van der Waals surface area contributed by atoms with Crippen LogP contribution in [-0.2, 0) is 17.6 Å². The van der Waals surface area contributed by atoms with Crippen molar-refractivity contribution in [3.63, 3.8) is 0 Å². The first-order valence-electron chi connectivity index (χ1n) is 6.11. The Hall–Kier alpha value is -2.16. The van der Waals surface area contributed by atoms with Crippen LogP contribution in [-0.4, -0.2) is 11.4 Å². The van der Waals surface area contributed by atoms with Crippen LogP contribution in [0.25, 0.3) is 0 Å². The molecule has 1 N–H and O–H groups in total. The smallest absolute Gasteiger partial charge is 0.207 e. The zero-order valence-corrected chi connectivity index (χ0v) is 9.97. The van der Waals surface area contributed by atoms with E-state index in [2.05, 4.69) is 22.4 Å². The van der Waals surface area contributed by atoms with Crippen molar-refractivity contribution in [3.05, 3.63) is 65.0 Å². The molecule has 0 aliphatic heterocycles. The quantitative estimate of drug-likeness (QED) is 0.813. The van der Waals surface area contributed by atoms with Crippen molar-refractivity contribution in [2.75, 3.05) is 0 Å². The van der Waals surface area contributed by atoms with E-state index in [4.69, 9.17) is 0 Å². The molecule has 18 heavy (non-hydrogen) atoms. The highest BCUT2D eigenvalue weighted by Crippen LogP contribution is 2.30. The Labute approximate surface area is 106 Å². The minimum atomic E-state index is -0.0788. The van der Waals surface area contributed by atoms with Crippen LogP contribution < -0.4 is 5.32 Å². The molecule has 0 saturated carbocycles. The van der Waals surface area contributed by atoms with Crippen molar-refractivity contribution in [3.8, 4) is 0 Å². The number of carbonyl (C=O) groups is 1. The summed E-state index contributed by atoms with van der Waals surface area (Å²) in [6.45, 7) is 0. The largest absolute Gasteiger partial charge is 0.348 e. The number of benzene rings is 1. The first kappa shape index (κ1) is 11.0. The SMILES string of the molecule is O=CNC1c2ccccc2CCc2ncccc21. The first-order chi connectivity index (χ1) is 8.90. The lowest BCUT2D eigenvalue weighted by Crippen LogP contribution is -2.22. The predicted molar refractivity (Wildman–Crippen MR) is 69.1 cm³/mol. The second kappa shape index (κ2) is 4.61. The molecule has 3 heteroatoms. The van der Waals surface area contributed by atoms with Gasteiger partial charge in [0.2, 0.25) is 6.41 Å². The maximum atomic E-state index is 10.9. The minimum absolute atomic E-state index is 0.0788. The fourth-order valence-electron chi connectivity index (χ4n) is 2.63. The second-order valence-corrected chi connectivity index (χ2v) is 4.46. The van der Waals surface area contributed by atoms with Crippen LogP contribution in [0.5, 0.6) is 0 Å². The van der Waals surface area contributed by atoms with E-state index >= 15 is 0 Å². The van der Waals surface area contributed by atoms with Gasteiger partial charge in [-0.15, -0.1) is 0 Å². The highest BCUT2D eigenvalue weighted by Gasteiger charge is 2.23. The van der Waals surface area contributed by atoms with Crippen molar-refractivity contribution in [2.24, 2.45) is 0 Å². The molecule has 2 aromatic rings. The maximum Gasteiger partial charge on any atom is 0.207 e. The van der Waals surface area contributed by atoms with Crippen LogP contribution in [0.2, 0.25) is 0 Å². The van der Waals surface area contributed by atoms with E-state index in [0.717, 1.165) is 30.5 Å². The van der Waals surface area contributed by atoms with Gasteiger partial charge in [0, 0.05) is 17.5 Å². The van der Waals surface area contributed by atoms with Gasteiger partial charge < -0.3 is 5.32 Å². The Kier molecular flexibility index (Phi) is 2.81. The third kappa shape index (κ3) is 1.78. The van der Waals surface area contributed by atoms with Gasteiger partial charge >= 0.3 is 0 Å². The van der Waals surface area contributed by atoms with Gasteiger partial charge in [-0.3, -0.25) is 9.78 Å². The van der Waals surface area contributed by atoms with Crippen molar-refractivity contribution in [1.82, 2.24) is 10.3 Å². The van der Waals surface area contributed by atoms with Gasteiger partial charge in [-0.2, -0.15) is 0 Å². The van der Waals surface area contributed by atoms with Crippen molar-refractivity contribution in [2.45, 2.75) is 18.9 Å². The van der Waals surface area contributed by atoms with Gasteiger partial charge in [-0.1, -0.05) is 30.3 Å². The molecule has 1 aromatic carbocycles. The molecule has 1 aliphatic rings. The van der Waals surface area contributed by atoms with Crippen LogP contribution >= 0.6 is 0 Å². The van der Waals surface area contributed by atoms with Crippen LogP contribution in [0.15, 0.2) is 42.6 Å². The zero-order chi connectivity index (χ0) is 12.4. The van der Waals surface area contributed by atoms with E-state index in [1.54, 1.807) is 0 Å². The lowest BCUT2D eigenvalue weighted by atomic mass is 9.96. The topological polar surface area (TPSA) is 42.0 Å². The van der Waals surface area contributed by atoms with E-state index < -0.39 is 0 Å². The monoisotopic (exact) mass is 238 g/mol. The van der Waals surface area contributed by atoms with Gasteiger partial charge in [-0.25, -0.2) is 0 Å². The van der Waals surface area contributed by atoms with Crippen LogP contribution in [0.1, 0.15) is 28.4 Å². The summed E-state index contributed by atoms with van der Waals surface area (Å²) in [4.78, 5) is 15.3. The number of rotatable bonds is 2. The number of nitrogens with one attached hydrogen (secondary N) is 1. The molecule has 0 saturated heterocycles. The molecule has 1 aromatic heterocycles. The molecule has 1 atom stereocenters. The molecular weight excluding hydrogens is 224 g/mol. The van der Waals surface area contributed by atoms with Gasteiger partial charge in [0.1, 0.15) is 0 Å². The molecule has 90 valence electrons. The molecule has 0 spiro atoms. The summed E-state index contributed by atoms with van der Waals surface area (Å²) in [7, 11) is 0. The van der Waals surface area contributed by atoms with Crippen molar-refractivity contribution < 1.29 is 4.79 Å². The number of nitrogens with zero attached hydrogens (tertiary/aromatic N) is 1. The summed E-state index contributed by atoms with van der Waals surface area (Å²) in [6.07, 6.45) is 4.47. The molecule has 3 rings (SSSR count). The Morgan fingerprint density at radius 1 is 1.11 bits per heavy atom. The van der Waals surface area contributed by atoms with E-state index in [1.165, 1.54) is 11.1 Å². The average Bonchev–Trinajstić information content (AvgIpc) is 2.58. The van der Waals surface area contributed by atoms with Gasteiger partial charge in [0.05, 0.1) is 6.04 Å². The van der Waals surface area contributed by atoms with Crippen LogP contribution in [0, 0.1) is 0 Å². The molecule has 3 nitrogen and oxygen atoms in total. The molecule has 1 amide bonds. The number of hydrogen-bond acceptors (Lipinski definition) is 2. The molecule has 1 aliphatic carbocycles. The molecule has 1 heterocycles. The van der Waals surface area contributed by atoms with Crippen molar-refractivity contribution >= 4 is 6.41 Å². The normalized spacial score (nSPS) is 17.2. The standard InChI is InChI=1S/C15H14N2O/c18-10-17-15-12-5-2-1-4-11(12)7-8-14-13(15)6-3-9-16-14/h1-6,9-10,15H,7-8H2,(H,17,18). The van der Waals surface area contributed by atoms with Gasteiger partial charge in [-0.05, 0) is 30.0 Å². The number of aromatic nitrogens is 1. The van der Waals surface area contributed by atoms with Crippen molar-refractivity contribution in [1.29, 1.82) is 0 Å². The van der Waals surface area contributed by atoms with Gasteiger partial charge in [0.25, 0.3) is 0 Å². The molecule has 0 fully saturated rings. The zero-order valence-electron chi connectivity index (χ0n) is 9.97. The average molecular weight is 238 g/mol. The van der Waals surface area contributed by atoms with E-state index in [0.29, 0.717) is 0 Å². The highest BCUT2D eigenvalue weighted by atomic mass is 16.1. The number of carbonyl (C=O) groups excluding carboxylic acids is 1. The summed E-state index contributed by atoms with van der Waals surface area (Å²) < 4.78 is 0. The van der Waals surface area contributed by atoms with E-state index in [1.807, 2.05) is 30.5 Å². The third-order valence-corrected chi connectivity index (χ3v) is 3.47. The fourth-order valence-corrected chi connectivity index (χ4v) is 2.63. The maximum absolute atomic E-state index is 10.9. The molecular formula is C15H14N2O. The number of aryl methyl sites for hydroxylation is 2. The number of amides is 1. The first-order valence-corrected chi connectivity index (χ1v) is 6.11. The number of pyridine rings is 1. The summed E-state index contributed by atoms with van der Waals surface area (Å²) in [6, 6.07) is 12.2. The summed E-state index contributed by atoms with van der Waals surface area (Å²) in [5.41, 5.74) is 4.65. The molecule has 0 radical (unpaired) electrons. The Balaban J connectivity index is 2.17. The van der Waals surface area contributed by atoms with Crippen LogP contribution in [0.3, 0.4) is 0 Å². The number of hydrogen-bond donors (Lipinski definition) is 1. The third-order valence-electron chi connectivity index (χ3n) is 3.47. The summed E-state index contributed by atoms with van der Waals surface area (Å²) in [5, 5.41) is 2.92. The minimum Gasteiger partial charge on any atom is -0.348 e.